The minimum atomic E-state index is -5.04. The molecule has 122 valence electrons. The number of nitrogens with one attached hydrogen (secondary N) is 1. The lowest BCUT2D eigenvalue weighted by molar-refractivity contribution is -0.176. The van der Waals surface area contributed by atoms with E-state index >= 15 is 0 Å². The summed E-state index contributed by atoms with van der Waals surface area (Å²) in [6.45, 7) is 3.22. The van der Waals surface area contributed by atoms with Gasteiger partial charge >= 0.3 is 18.1 Å². The number of alkyl halides is 3. The third kappa shape index (κ3) is 5.38. The van der Waals surface area contributed by atoms with Gasteiger partial charge in [-0.25, -0.2) is 4.79 Å². The molecular weight excluding hydrogens is 299 g/mol. The molecule has 0 saturated heterocycles. The van der Waals surface area contributed by atoms with E-state index in [-0.39, 0.29) is 6.61 Å². The molecule has 1 aromatic carbocycles. The van der Waals surface area contributed by atoms with Crippen LogP contribution in [0.5, 0.6) is 0 Å². The van der Waals surface area contributed by atoms with E-state index in [1.807, 2.05) is 0 Å². The third-order valence-corrected chi connectivity index (χ3v) is 3.23. The fourth-order valence-electron chi connectivity index (χ4n) is 1.71. The molecule has 22 heavy (non-hydrogen) atoms. The highest BCUT2D eigenvalue weighted by Gasteiger charge is 2.42. The van der Waals surface area contributed by atoms with Gasteiger partial charge in [0, 0.05) is 0 Å². The highest BCUT2D eigenvalue weighted by atomic mass is 19.4. The number of hydrogen-bond acceptors (Lipinski definition) is 3. The van der Waals surface area contributed by atoms with Gasteiger partial charge in [0.05, 0.1) is 0 Å². The highest BCUT2D eigenvalue weighted by Crippen LogP contribution is 2.17. The molecule has 1 aromatic rings. The van der Waals surface area contributed by atoms with Crippen LogP contribution >= 0.6 is 0 Å². The Labute approximate surface area is 126 Å². The van der Waals surface area contributed by atoms with Crippen molar-refractivity contribution in [2.75, 3.05) is 0 Å². The zero-order chi connectivity index (χ0) is 16.8. The predicted octanol–water partition coefficient (Wildman–Crippen LogP) is 2.82. The molecule has 0 aliphatic rings. The molecule has 2 atom stereocenters. The third-order valence-electron chi connectivity index (χ3n) is 3.23. The van der Waals surface area contributed by atoms with E-state index in [9.17, 15) is 22.8 Å². The Bertz CT molecular complexity index is 503. The highest BCUT2D eigenvalue weighted by molar-refractivity contribution is 5.87. The van der Waals surface area contributed by atoms with Crippen molar-refractivity contribution < 1.29 is 27.5 Å². The van der Waals surface area contributed by atoms with Crippen LogP contribution in [0.2, 0.25) is 0 Å². The van der Waals surface area contributed by atoms with E-state index in [1.165, 1.54) is 0 Å². The summed E-state index contributed by atoms with van der Waals surface area (Å²) in [6.07, 6.45) is -4.62. The first-order valence-corrected chi connectivity index (χ1v) is 6.84. The van der Waals surface area contributed by atoms with Crippen LogP contribution in [0.4, 0.5) is 13.2 Å². The quantitative estimate of drug-likeness (QED) is 0.821. The van der Waals surface area contributed by atoms with Crippen LogP contribution in [0.1, 0.15) is 25.8 Å². The van der Waals surface area contributed by atoms with Crippen molar-refractivity contribution in [3.63, 3.8) is 0 Å². The van der Waals surface area contributed by atoms with Crippen molar-refractivity contribution >= 4 is 11.9 Å². The van der Waals surface area contributed by atoms with Gasteiger partial charge in [-0.2, -0.15) is 13.2 Å². The maximum absolute atomic E-state index is 12.3. The van der Waals surface area contributed by atoms with Crippen LogP contribution in [0.25, 0.3) is 0 Å². The Morgan fingerprint density at radius 3 is 2.32 bits per heavy atom. The zero-order valence-corrected chi connectivity index (χ0v) is 12.3. The molecule has 4 nitrogen and oxygen atoms in total. The normalized spacial score (nSPS) is 14.0. The van der Waals surface area contributed by atoms with Crippen molar-refractivity contribution in [3.8, 4) is 0 Å². The Balaban J connectivity index is 2.70. The summed E-state index contributed by atoms with van der Waals surface area (Å²) < 4.78 is 42.0. The maximum Gasteiger partial charge on any atom is 0.471 e. The molecule has 7 heteroatoms. The fraction of sp³-hybridized carbons (Fsp3) is 0.467. The van der Waals surface area contributed by atoms with Gasteiger partial charge in [-0.15, -0.1) is 0 Å². The molecule has 0 bridgehead atoms. The summed E-state index contributed by atoms with van der Waals surface area (Å²) >= 11 is 0. The number of carbonyl (C=O) groups excluding carboxylic acids is 2. The van der Waals surface area contributed by atoms with Gasteiger partial charge in [0.2, 0.25) is 0 Å². The number of benzene rings is 1. The number of hydrogen-bond donors (Lipinski definition) is 1. The lowest BCUT2D eigenvalue weighted by Gasteiger charge is -2.23. The number of amides is 1. The summed E-state index contributed by atoms with van der Waals surface area (Å²) in [5.74, 6) is -3.50. The smallest absolute Gasteiger partial charge is 0.459 e. The Morgan fingerprint density at radius 1 is 1.23 bits per heavy atom. The summed E-state index contributed by atoms with van der Waals surface area (Å²) in [6, 6.07) is 7.40. The maximum atomic E-state index is 12.3. The lowest BCUT2D eigenvalue weighted by atomic mass is 9.99. The lowest BCUT2D eigenvalue weighted by Crippen LogP contribution is -2.50. The first kappa shape index (κ1) is 18.0. The minimum absolute atomic E-state index is 0.0610. The Kier molecular flexibility index (Phi) is 6.39. The van der Waals surface area contributed by atoms with Gasteiger partial charge < -0.3 is 10.1 Å². The average Bonchev–Trinajstić information content (AvgIpc) is 2.49. The van der Waals surface area contributed by atoms with Crippen molar-refractivity contribution in [2.45, 2.75) is 39.1 Å². The summed E-state index contributed by atoms with van der Waals surface area (Å²) in [7, 11) is 0. The van der Waals surface area contributed by atoms with Crippen LogP contribution in [-0.2, 0) is 20.9 Å². The molecule has 1 unspecified atom stereocenters. The Morgan fingerprint density at radius 2 is 1.82 bits per heavy atom. The summed E-state index contributed by atoms with van der Waals surface area (Å²) in [5, 5.41) is 1.71. The van der Waals surface area contributed by atoms with Crippen LogP contribution < -0.4 is 5.32 Å². The molecule has 0 aliphatic heterocycles. The van der Waals surface area contributed by atoms with E-state index in [0.717, 1.165) is 0 Å². The van der Waals surface area contributed by atoms with Crippen molar-refractivity contribution in [3.05, 3.63) is 35.9 Å². The van der Waals surface area contributed by atoms with E-state index in [4.69, 9.17) is 4.74 Å². The Hall–Kier alpha value is -2.05. The van der Waals surface area contributed by atoms with Gasteiger partial charge in [-0.1, -0.05) is 50.6 Å². The second kappa shape index (κ2) is 7.82. The first-order valence-electron chi connectivity index (χ1n) is 6.84. The number of carbonyl (C=O) groups is 2. The average molecular weight is 317 g/mol. The van der Waals surface area contributed by atoms with Gasteiger partial charge in [0.15, 0.2) is 0 Å². The molecule has 0 aromatic heterocycles. The SMILES string of the molecule is CCC(C)[C@H](NC(=O)C(F)(F)F)C(=O)OCc1ccccc1. The predicted molar refractivity (Wildman–Crippen MR) is 73.7 cm³/mol. The second-order valence-corrected chi connectivity index (χ2v) is 4.93. The molecule has 1 rings (SSSR count). The molecule has 1 amide bonds. The molecule has 0 radical (unpaired) electrons. The first-order chi connectivity index (χ1) is 10.3. The van der Waals surface area contributed by atoms with Crippen LogP contribution in [0.3, 0.4) is 0 Å². The number of esters is 1. The van der Waals surface area contributed by atoms with E-state index < -0.39 is 30.0 Å². The summed E-state index contributed by atoms with van der Waals surface area (Å²) in [5.41, 5.74) is 0.709. The van der Waals surface area contributed by atoms with Crippen molar-refractivity contribution in [2.24, 2.45) is 5.92 Å². The van der Waals surface area contributed by atoms with Gasteiger partial charge in [-0.3, -0.25) is 4.79 Å². The number of halogens is 3. The van der Waals surface area contributed by atoms with Crippen molar-refractivity contribution in [1.29, 1.82) is 0 Å². The van der Waals surface area contributed by atoms with E-state index in [1.54, 1.807) is 49.5 Å². The van der Waals surface area contributed by atoms with Crippen LogP contribution in [0, 0.1) is 5.92 Å². The summed E-state index contributed by atoms with van der Waals surface area (Å²) in [4.78, 5) is 23.0. The standard InChI is InChI=1S/C15H18F3NO3/c1-3-10(2)12(19-14(21)15(16,17)18)13(20)22-9-11-7-5-4-6-8-11/h4-8,10,12H,3,9H2,1-2H3,(H,19,21)/t10?,12-/m0/s1. The molecule has 0 aliphatic carbocycles. The molecule has 1 N–H and O–H groups in total. The van der Waals surface area contributed by atoms with Crippen molar-refractivity contribution in [1.82, 2.24) is 5.32 Å². The second-order valence-electron chi connectivity index (χ2n) is 4.93. The molecule has 0 fully saturated rings. The van der Waals surface area contributed by atoms with Gasteiger partial charge in [0.1, 0.15) is 12.6 Å². The van der Waals surface area contributed by atoms with E-state index in [0.29, 0.717) is 12.0 Å². The number of ether oxygens (including phenoxy) is 1. The molecule has 0 spiro atoms. The number of rotatable bonds is 6. The monoisotopic (exact) mass is 317 g/mol. The van der Waals surface area contributed by atoms with Gasteiger partial charge in [-0.05, 0) is 11.5 Å². The fourth-order valence-corrected chi connectivity index (χ4v) is 1.71. The van der Waals surface area contributed by atoms with Crippen LogP contribution in [-0.4, -0.2) is 24.1 Å². The topological polar surface area (TPSA) is 55.4 Å². The largest absolute Gasteiger partial charge is 0.471 e. The molecule has 0 saturated carbocycles. The molecular formula is C15H18F3NO3. The van der Waals surface area contributed by atoms with Gasteiger partial charge in [0.25, 0.3) is 0 Å². The zero-order valence-electron chi connectivity index (χ0n) is 12.3. The van der Waals surface area contributed by atoms with Crippen LogP contribution in [0.15, 0.2) is 30.3 Å². The molecule has 0 heterocycles. The minimum Gasteiger partial charge on any atom is -0.459 e. The van der Waals surface area contributed by atoms with E-state index in [2.05, 4.69) is 0 Å².